The maximum Gasteiger partial charge on any atom is 0.255 e. The van der Waals surface area contributed by atoms with Gasteiger partial charge in [0.15, 0.2) is 6.10 Å². The molecule has 1 aliphatic rings. The van der Waals surface area contributed by atoms with Crippen LogP contribution in [0.3, 0.4) is 0 Å². The van der Waals surface area contributed by atoms with Crippen molar-refractivity contribution in [1.29, 1.82) is 0 Å². The fourth-order valence-corrected chi connectivity index (χ4v) is 1.86. The normalized spacial score (nSPS) is 18.9. The maximum absolute atomic E-state index is 12.0. The minimum Gasteiger partial charge on any atom is -0.383 e. The van der Waals surface area contributed by atoms with Crippen LogP contribution in [0, 0.1) is 0 Å². The molecule has 0 radical (unpaired) electrons. The third kappa shape index (κ3) is 3.94. The van der Waals surface area contributed by atoms with E-state index in [0.717, 1.165) is 24.3 Å². The Morgan fingerprint density at radius 1 is 1.32 bits per heavy atom. The molecule has 1 atom stereocenters. The number of benzene rings is 1. The Morgan fingerprint density at radius 2 is 2.11 bits per heavy atom. The van der Waals surface area contributed by atoms with E-state index in [-0.39, 0.29) is 5.91 Å². The fourth-order valence-electron chi connectivity index (χ4n) is 1.86. The lowest BCUT2D eigenvalue weighted by Crippen LogP contribution is -2.39. The predicted octanol–water partition coefficient (Wildman–Crippen LogP) is 1.86. The Morgan fingerprint density at radius 3 is 2.79 bits per heavy atom. The molecule has 5 heteroatoms. The van der Waals surface area contributed by atoms with Crippen LogP contribution in [-0.4, -0.2) is 38.4 Å². The van der Waals surface area contributed by atoms with E-state index >= 15 is 0 Å². The average Bonchev–Trinajstić information content (AvgIpc) is 2.47. The summed E-state index contributed by atoms with van der Waals surface area (Å²) in [6.07, 6.45) is 0.509. The highest BCUT2D eigenvalue weighted by molar-refractivity contribution is 5.97. The lowest BCUT2D eigenvalue weighted by atomic mass is 10.2. The van der Waals surface area contributed by atoms with Gasteiger partial charge in [-0.05, 0) is 18.6 Å². The number of hydrogen-bond donors (Lipinski definition) is 2. The molecule has 1 saturated heterocycles. The van der Waals surface area contributed by atoms with Crippen molar-refractivity contribution in [3.63, 3.8) is 0 Å². The van der Waals surface area contributed by atoms with Crippen molar-refractivity contribution >= 4 is 17.3 Å². The molecule has 0 aliphatic carbocycles. The number of anilines is 2. The van der Waals surface area contributed by atoms with Crippen molar-refractivity contribution in [2.75, 3.05) is 37.0 Å². The van der Waals surface area contributed by atoms with E-state index in [1.807, 2.05) is 24.3 Å². The Labute approximate surface area is 113 Å². The molecule has 0 saturated carbocycles. The zero-order valence-electron chi connectivity index (χ0n) is 11.1. The van der Waals surface area contributed by atoms with E-state index < -0.39 is 6.10 Å². The van der Waals surface area contributed by atoms with Gasteiger partial charge >= 0.3 is 0 Å². The molecule has 1 aromatic carbocycles. The minimum absolute atomic E-state index is 0.162. The summed E-state index contributed by atoms with van der Waals surface area (Å²) in [6, 6.07) is 7.65. The number of para-hydroxylation sites is 2. The van der Waals surface area contributed by atoms with E-state index in [1.165, 1.54) is 0 Å². The number of ether oxygens (including phenoxy) is 2. The van der Waals surface area contributed by atoms with Gasteiger partial charge in [0.2, 0.25) is 0 Å². The van der Waals surface area contributed by atoms with Gasteiger partial charge in [-0.2, -0.15) is 0 Å². The van der Waals surface area contributed by atoms with Crippen LogP contribution in [0.5, 0.6) is 0 Å². The second-order valence-corrected chi connectivity index (χ2v) is 4.40. The number of nitrogens with one attached hydrogen (secondary N) is 2. The molecule has 0 bridgehead atoms. The fraction of sp³-hybridized carbons (Fsp3) is 0.500. The molecule has 1 aromatic rings. The van der Waals surface area contributed by atoms with Crippen molar-refractivity contribution in [3.8, 4) is 0 Å². The summed E-state index contributed by atoms with van der Waals surface area (Å²) in [4.78, 5) is 12.0. The molecule has 104 valence electrons. The van der Waals surface area contributed by atoms with Crippen LogP contribution < -0.4 is 10.6 Å². The van der Waals surface area contributed by atoms with Crippen molar-refractivity contribution in [2.45, 2.75) is 19.4 Å². The summed E-state index contributed by atoms with van der Waals surface area (Å²) < 4.78 is 10.6. The van der Waals surface area contributed by atoms with Gasteiger partial charge in [0, 0.05) is 6.54 Å². The number of hydrogen-bond acceptors (Lipinski definition) is 4. The van der Waals surface area contributed by atoms with Crippen molar-refractivity contribution < 1.29 is 14.3 Å². The first-order valence-corrected chi connectivity index (χ1v) is 6.64. The number of rotatable bonds is 5. The molecular weight excluding hydrogens is 244 g/mol. The zero-order valence-corrected chi connectivity index (χ0v) is 11.1. The van der Waals surface area contributed by atoms with Gasteiger partial charge in [-0.15, -0.1) is 0 Å². The van der Waals surface area contributed by atoms with E-state index in [9.17, 15) is 4.79 Å². The lowest BCUT2D eigenvalue weighted by molar-refractivity contribution is -0.142. The van der Waals surface area contributed by atoms with Crippen molar-refractivity contribution in [1.82, 2.24) is 0 Å². The van der Waals surface area contributed by atoms with Gasteiger partial charge < -0.3 is 20.1 Å². The zero-order chi connectivity index (χ0) is 13.5. The molecule has 5 nitrogen and oxygen atoms in total. The Hall–Kier alpha value is -1.59. The third-order valence-electron chi connectivity index (χ3n) is 2.86. The Kier molecular flexibility index (Phi) is 5.18. The second kappa shape index (κ2) is 7.11. The van der Waals surface area contributed by atoms with E-state index in [2.05, 4.69) is 17.6 Å². The summed E-state index contributed by atoms with van der Waals surface area (Å²) in [6.45, 7) is 4.31. The Balaban J connectivity index is 1.99. The van der Waals surface area contributed by atoms with Crippen LogP contribution in [0.1, 0.15) is 13.3 Å². The number of carbonyl (C=O) groups excluding carboxylic acids is 1. The van der Waals surface area contributed by atoms with Gasteiger partial charge in [0.25, 0.3) is 5.91 Å². The SMILES string of the molecule is CCCNc1ccccc1NC(=O)[C@H]1COCCO1. The molecule has 1 amide bonds. The highest BCUT2D eigenvalue weighted by Crippen LogP contribution is 2.21. The highest BCUT2D eigenvalue weighted by atomic mass is 16.6. The smallest absolute Gasteiger partial charge is 0.255 e. The number of amides is 1. The van der Waals surface area contributed by atoms with Gasteiger partial charge in [-0.25, -0.2) is 0 Å². The highest BCUT2D eigenvalue weighted by Gasteiger charge is 2.23. The lowest BCUT2D eigenvalue weighted by Gasteiger charge is -2.22. The van der Waals surface area contributed by atoms with E-state index in [1.54, 1.807) is 0 Å². The molecule has 0 unspecified atom stereocenters. The van der Waals surface area contributed by atoms with Gasteiger partial charge in [-0.1, -0.05) is 19.1 Å². The standard InChI is InChI=1S/C14H20N2O3/c1-2-7-15-11-5-3-4-6-12(11)16-14(17)13-10-18-8-9-19-13/h3-6,13,15H,2,7-10H2,1H3,(H,16,17)/t13-/m1/s1. The molecule has 1 aliphatic heterocycles. The van der Waals surface area contributed by atoms with E-state index in [4.69, 9.17) is 9.47 Å². The van der Waals surface area contributed by atoms with Crippen molar-refractivity contribution in [3.05, 3.63) is 24.3 Å². The molecule has 1 heterocycles. The van der Waals surface area contributed by atoms with Gasteiger partial charge in [-0.3, -0.25) is 4.79 Å². The van der Waals surface area contributed by atoms with Gasteiger partial charge in [0.05, 0.1) is 31.2 Å². The summed E-state index contributed by atoms with van der Waals surface area (Å²) >= 11 is 0. The second-order valence-electron chi connectivity index (χ2n) is 4.40. The summed E-state index contributed by atoms with van der Waals surface area (Å²) in [5.74, 6) is -0.162. The molecule has 2 rings (SSSR count). The molecular formula is C14H20N2O3. The minimum atomic E-state index is -0.520. The van der Waals surface area contributed by atoms with Crippen LogP contribution >= 0.6 is 0 Å². The van der Waals surface area contributed by atoms with Crippen molar-refractivity contribution in [2.24, 2.45) is 0 Å². The van der Waals surface area contributed by atoms with Crippen LogP contribution in [0.15, 0.2) is 24.3 Å². The molecule has 0 aromatic heterocycles. The molecule has 1 fully saturated rings. The molecule has 2 N–H and O–H groups in total. The predicted molar refractivity (Wildman–Crippen MR) is 74.4 cm³/mol. The number of carbonyl (C=O) groups is 1. The molecule has 19 heavy (non-hydrogen) atoms. The largest absolute Gasteiger partial charge is 0.383 e. The van der Waals surface area contributed by atoms with Crippen LogP contribution in [-0.2, 0) is 14.3 Å². The van der Waals surface area contributed by atoms with Crippen LogP contribution in [0.4, 0.5) is 11.4 Å². The Bertz CT molecular complexity index is 417. The quantitative estimate of drug-likeness (QED) is 0.852. The topological polar surface area (TPSA) is 59.6 Å². The maximum atomic E-state index is 12.0. The summed E-state index contributed by atoms with van der Waals surface area (Å²) in [7, 11) is 0. The first-order valence-electron chi connectivity index (χ1n) is 6.64. The first-order chi connectivity index (χ1) is 9.31. The summed E-state index contributed by atoms with van der Waals surface area (Å²) in [5.41, 5.74) is 1.70. The van der Waals surface area contributed by atoms with E-state index in [0.29, 0.717) is 19.8 Å². The third-order valence-corrected chi connectivity index (χ3v) is 2.86. The first kappa shape index (κ1) is 13.8. The molecule has 0 spiro atoms. The monoisotopic (exact) mass is 264 g/mol. The van der Waals surface area contributed by atoms with Gasteiger partial charge in [0.1, 0.15) is 0 Å². The summed E-state index contributed by atoms with van der Waals surface area (Å²) in [5, 5.41) is 6.17. The van der Waals surface area contributed by atoms with Crippen LogP contribution in [0.25, 0.3) is 0 Å². The van der Waals surface area contributed by atoms with Crippen LogP contribution in [0.2, 0.25) is 0 Å². The average molecular weight is 264 g/mol.